The Hall–Kier alpha value is -2.29. The first-order valence-corrected chi connectivity index (χ1v) is 6.86. The van der Waals surface area contributed by atoms with E-state index < -0.39 is 0 Å². The quantitative estimate of drug-likeness (QED) is 0.625. The summed E-state index contributed by atoms with van der Waals surface area (Å²) in [6, 6.07) is 8.11. The van der Waals surface area contributed by atoms with E-state index in [9.17, 15) is 4.79 Å². The van der Waals surface area contributed by atoms with Crippen molar-refractivity contribution in [3.05, 3.63) is 57.6 Å². The molecule has 0 saturated heterocycles. The number of fused-ring (bicyclic) bond motifs is 4. The van der Waals surface area contributed by atoms with Gasteiger partial charge in [-0.15, -0.1) is 0 Å². The number of pyridine rings is 1. The summed E-state index contributed by atoms with van der Waals surface area (Å²) in [7, 11) is 1.98. The van der Waals surface area contributed by atoms with Crippen molar-refractivity contribution >= 4 is 11.1 Å². The molecule has 0 N–H and O–H groups in total. The second-order valence-corrected chi connectivity index (χ2v) is 5.51. The van der Waals surface area contributed by atoms with Gasteiger partial charge in [0, 0.05) is 18.3 Å². The Balaban J connectivity index is 2.17. The lowest BCUT2D eigenvalue weighted by atomic mass is 9.86. The molecule has 3 aromatic rings. The summed E-state index contributed by atoms with van der Waals surface area (Å²) in [6.07, 6.45) is 3.45. The van der Waals surface area contributed by atoms with E-state index in [1.54, 1.807) is 12.3 Å². The molecule has 0 aliphatic heterocycles. The number of benzene rings is 1. The smallest absolute Gasteiger partial charge is 0.210 e. The van der Waals surface area contributed by atoms with Crippen molar-refractivity contribution in [2.45, 2.75) is 19.8 Å². The summed E-state index contributed by atoms with van der Waals surface area (Å²) in [6.45, 7) is 2.09. The SMILES string of the molecule is Cc1ccc2c(c1)CCc1c-2c(=O)c2ccoc2n1C. The normalized spacial score (nSPS) is 13.3. The Morgan fingerprint density at radius 3 is 2.90 bits per heavy atom. The number of hydrogen-bond donors (Lipinski definition) is 0. The molecule has 3 heteroatoms. The number of aromatic nitrogens is 1. The van der Waals surface area contributed by atoms with E-state index in [4.69, 9.17) is 4.42 Å². The first-order valence-electron chi connectivity index (χ1n) is 6.86. The first kappa shape index (κ1) is 11.5. The maximum atomic E-state index is 12.8. The zero-order valence-corrected chi connectivity index (χ0v) is 11.6. The molecule has 2 heterocycles. The highest BCUT2D eigenvalue weighted by molar-refractivity contribution is 5.84. The summed E-state index contributed by atoms with van der Waals surface area (Å²) in [5, 5.41) is 0.666. The van der Waals surface area contributed by atoms with Crippen molar-refractivity contribution < 1.29 is 4.42 Å². The summed E-state index contributed by atoms with van der Waals surface area (Å²) >= 11 is 0. The molecular formula is C17H15NO2. The Labute approximate surface area is 116 Å². The van der Waals surface area contributed by atoms with Crippen LogP contribution < -0.4 is 5.43 Å². The lowest BCUT2D eigenvalue weighted by molar-refractivity contribution is 0.574. The molecule has 1 aliphatic rings. The molecule has 4 rings (SSSR count). The summed E-state index contributed by atoms with van der Waals surface area (Å²) in [5.74, 6) is 0. The standard InChI is InChI=1S/C17H15NO2/c1-10-3-5-12-11(9-10)4-6-14-15(12)16(19)13-7-8-20-17(13)18(14)2/h3,5,7-9H,4,6H2,1-2H3. The largest absolute Gasteiger partial charge is 0.448 e. The lowest BCUT2D eigenvalue weighted by Gasteiger charge is -2.22. The predicted octanol–water partition coefficient (Wildman–Crippen LogP) is 3.21. The molecule has 0 spiro atoms. The molecule has 0 radical (unpaired) electrons. The van der Waals surface area contributed by atoms with Gasteiger partial charge in [-0.3, -0.25) is 4.79 Å². The van der Waals surface area contributed by atoms with E-state index in [2.05, 4.69) is 25.1 Å². The van der Waals surface area contributed by atoms with E-state index in [-0.39, 0.29) is 5.43 Å². The summed E-state index contributed by atoms with van der Waals surface area (Å²) < 4.78 is 7.49. The third-order valence-electron chi connectivity index (χ3n) is 4.28. The molecule has 2 aromatic heterocycles. The maximum Gasteiger partial charge on any atom is 0.210 e. The van der Waals surface area contributed by atoms with Crippen molar-refractivity contribution in [2.24, 2.45) is 7.05 Å². The van der Waals surface area contributed by atoms with Crippen LogP contribution in [-0.2, 0) is 19.9 Å². The van der Waals surface area contributed by atoms with Gasteiger partial charge in [0.15, 0.2) is 0 Å². The third-order valence-corrected chi connectivity index (χ3v) is 4.28. The summed E-state index contributed by atoms with van der Waals surface area (Å²) in [4.78, 5) is 12.8. The lowest BCUT2D eigenvalue weighted by Crippen LogP contribution is -2.20. The van der Waals surface area contributed by atoms with Gasteiger partial charge >= 0.3 is 0 Å². The van der Waals surface area contributed by atoms with Crippen molar-refractivity contribution in [1.29, 1.82) is 0 Å². The zero-order valence-electron chi connectivity index (χ0n) is 11.6. The molecule has 0 atom stereocenters. The van der Waals surface area contributed by atoms with Crippen LogP contribution in [0.5, 0.6) is 0 Å². The zero-order chi connectivity index (χ0) is 13.9. The Morgan fingerprint density at radius 2 is 2.05 bits per heavy atom. The highest BCUT2D eigenvalue weighted by atomic mass is 16.3. The van der Waals surface area contributed by atoms with Gasteiger partial charge in [0.25, 0.3) is 0 Å². The second kappa shape index (κ2) is 3.85. The van der Waals surface area contributed by atoms with Gasteiger partial charge in [0.2, 0.25) is 11.1 Å². The van der Waals surface area contributed by atoms with Gasteiger partial charge in [0.05, 0.1) is 11.6 Å². The minimum absolute atomic E-state index is 0.0895. The molecule has 1 aromatic carbocycles. The number of nitrogens with zero attached hydrogens (tertiary/aromatic N) is 1. The van der Waals surface area contributed by atoms with E-state index in [0.29, 0.717) is 11.1 Å². The molecule has 1 aliphatic carbocycles. The Kier molecular flexibility index (Phi) is 2.22. The van der Waals surface area contributed by atoms with Crippen LogP contribution in [0, 0.1) is 6.92 Å². The van der Waals surface area contributed by atoms with E-state index in [1.807, 2.05) is 11.6 Å². The van der Waals surface area contributed by atoms with Gasteiger partial charge in [-0.2, -0.15) is 0 Å². The van der Waals surface area contributed by atoms with Crippen molar-refractivity contribution in [1.82, 2.24) is 4.57 Å². The fourth-order valence-corrected chi connectivity index (χ4v) is 3.29. The van der Waals surface area contributed by atoms with Gasteiger partial charge in [-0.1, -0.05) is 23.8 Å². The fraction of sp³-hybridized carbons (Fsp3) is 0.235. The average Bonchev–Trinajstić information content (AvgIpc) is 2.93. The molecule has 100 valence electrons. The average molecular weight is 265 g/mol. The third kappa shape index (κ3) is 1.38. The van der Waals surface area contributed by atoms with Crippen LogP contribution in [0.25, 0.3) is 22.2 Å². The van der Waals surface area contributed by atoms with Crippen LogP contribution in [0.15, 0.2) is 39.7 Å². The van der Waals surface area contributed by atoms with Crippen LogP contribution in [0.4, 0.5) is 0 Å². The highest BCUT2D eigenvalue weighted by Gasteiger charge is 2.23. The van der Waals surface area contributed by atoms with Gasteiger partial charge in [-0.05, 0) is 37.0 Å². The topological polar surface area (TPSA) is 35.1 Å². The Bertz CT molecular complexity index is 899. The molecule has 0 amide bonds. The van der Waals surface area contributed by atoms with Crippen molar-refractivity contribution in [3.63, 3.8) is 0 Å². The molecule has 0 saturated carbocycles. The molecule has 0 fully saturated rings. The minimum atomic E-state index is 0.0895. The van der Waals surface area contributed by atoms with Gasteiger partial charge in [-0.25, -0.2) is 0 Å². The van der Waals surface area contributed by atoms with Gasteiger partial charge < -0.3 is 8.98 Å². The van der Waals surface area contributed by atoms with Crippen LogP contribution in [0.1, 0.15) is 16.8 Å². The van der Waals surface area contributed by atoms with E-state index in [0.717, 1.165) is 29.7 Å². The number of rotatable bonds is 0. The van der Waals surface area contributed by atoms with Crippen LogP contribution in [-0.4, -0.2) is 4.57 Å². The molecule has 20 heavy (non-hydrogen) atoms. The fourth-order valence-electron chi connectivity index (χ4n) is 3.29. The molecule has 0 bridgehead atoms. The maximum absolute atomic E-state index is 12.8. The number of furan rings is 1. The van der Waals surface area contributed by atoms with Crippen LogP contribution in [0.2, 0.25) is 0 Å². The number of hydrogen-bond acceptors (Lipinski definition) is 2. The van der Waals surface area contributed by atoms with Crippen LogP contribution >= 0.6 is 0 Å². The summed E-state index contributed by atoms with van der Waals surface area (Å²) in [5.41, 5.74) is 6.29. The van der Waals surface area contributed by atoms with E-state index >= 15 is 0 Å². The van der Waals surface area contributed by atoms with Gasteiger partial charge in [0.1, 0.15) is 0 Å². The van der Waals surface area contributed by atoms with Crippen molar-refractivity contribution in [2.75, 3.05) is 0 Å². The second-order valence-electron chi connectivity index (χ2n) is 5.51. The Morgan fingerprint density at radius 1 is 1.20 bits per heavy atom. The van der Waals surface area contributed by atoms with Crippen molar-refractivity contribution in [3.8, 4) is 11.1 Å². The molecule has 0 unspecified atom stereocenters. The molecular weight excluding hydrogens is 250 g/mol. The monoisotopic (exact) mass is 265 g/mol. The van der Waals surface area contributed by atoms with E-state index in [1.165, 1.54) is 11.1 Å². The number of aryl methyl sites for hydroxylation is 3. The minimum Gasteiger partial charge on any atom is -0.448 e. The molecule has 3 nitrogen and oxygen atoms in total. The van der Waals surface area contributed by atoms with Crippen LogP contribution in [0.3, 0.4) is 0 Å². The first-order chi connectivity index (χ1) is 9.66. The predicted molar refractivity (Wildman–Crippen MR) is 79.0 cm³/mol. The highest BCUT2D eigenvalue weighted by Crippen LogP contribution is 2.33.